The zero-order valence-corrected chi connectivity index (χ0v) is 17.8. The van der Waals surface area contributed by atoms with E-state index in [9.17, 15) is 0 Å². The number of piperidine rings is 1. The molecule has 0 bridgehead atoms. The molecule has 0 spiro atoms. The summed E-state index contributed by atoms with van der Waals surface area (Å²) >= 11 is 0. The number of anilines is 1. The number of pyridine rings is 1. The number of rotatable bonds is 7. The molecule has 1 saturated carbocycles. The van der Waals surface area contributed by atoms with Gasteiger partial charge in [0.15, 0.2) is 0 Å². The molecule has 2 fully saturated rings. The van der Waals surface area contributed by atoms with Crippen LogP contribution in [0.25, 0.3) is 0 Å². The molecule has 0 radical (unpaired) electrons. The molecular weight excluding hydrogens is 358 g/mol. The molecule has 1 aliphatic carbocycles. The van der Waals surface area contributed by atoms with Crippen molar-refractivity contribution in [1.29, 1.82) is 0 Å². The van der Waals surface area contributed by atoms with Crippen LogP contribution in [0.2, 0.25) is 0 Å². The van der Waals surface area contributed by atoms with E-state index in [4.69, 9.17) is 9.72 Å². The second-order valence-corrected chi connectivity index (χ2v) is 8.60. The van der Waals surface area contributed by atoms with Gasteiger partial charge in [-0.05, 0) is 68.5 Å². The zero-order chi connectivity index (χ0) is 19.9. The number of nitrogens with zero attached hydrogens (tertiary/aromatic N) is 2. The molecule has 4 heteroatoms. The van der Waals surface area contributed by atoms with Crippen LogP contribution < -0.4 is 10.1 Å². The topological polar surface area (TPSA) is 37.4 Å². The number of nitrogens with one attached hydrogen (secondary N) is 1. The summed E-state index contributed by atoms with van der Waals surface area (Å²) < 4.78 is 5.23. The third-order valence-electron chi connectivity index (χ3n) is 6.61. The quantitative estimate of drug-likeness (QED) is 0.696. The number of hydrogen-bond donors (Lipinski definition) is 1. The van der Waals surface area contributed by atoms with Gasteiger partial charge in [0.2, 0.25) is 0 Å². The molecule has 156 valence electrons. The predicted octanol–water partition coefficient (Wildman–Crippen LogP) is 5.26. The van der Waals surface area contributed by atoms with E-state index in [0.29, 0.717) is 5.92 Å². The lowest BCUT2D eigenvalue weighted by atomic mass is 9.89. The smallest absolute Gasteiger partial charge is 0.126 e. The lowest BCUT2D eigenvalue weighted by Crippen LogP contribution is -2.43. The van der Waals surface area contributed by atoms with Gasteiger partial charge in [-0.1, -0.05) is 37.5 Å². The number of ether oxygens (including phenoxy) is 1. The Balaban J connectivity index is 1.31. The van der Waals surface area contributed by atoms with Crippen molar-refractivity contribution in [3.8, 4) is 5.75 Å². The van der Waals surface area contributed by atoms with Gasteiger partial charge >= 0.3 is 0 Å². The average Bonchev–Trinajstić information content (AvgIpc) is 2.80. The van der Waals surface area contributed by atoms with Gasteiger partial charge in [0, 0.05) is 30.7 Å². The van der Waals surface area contributed by atoms with Crippen molar-refractivity contribution in [3.63, 3.8) is 0 Å². The summed E-state index contributed by atoms with van der Waals surface area (Å²) in [6.45, 7) is 3.36. The fourth-order valence-electron chi connectivity index (χ4n) is 4.93. The van der Waals surface area contributed by atoms with Crippen LogP contribution in [-0.4, -0.2) is 42.7 Å². The lowest BCUT2D eigenvalue weighted by Gasteiger charge is -2.40. The minimum Gasteiger partial charge on any atom is -0.497 e. The fraction of sp³-hybridized carbons (Fsp3) is 0.560. The standard InChI is InChI=1S/C25H35N3O/c1-29-23-14-12-20(13-15-23)16-17-26-25-11-5-10-24(27-25)21-7-6-18-28(19-21)22-8-3-2-4-9-22/h5,10-15,21-22H,2-4,6-9,16-19H2,1H3,(H,26,27)/t21-/m1/s1. The minimum absolute atomic E-state index is 0.578. The largest absolute Gasteiger partial charge is 0.497 e. The Labute approximate surface area is 175 Å². The summed E-state index contributed by atoms with van der Waals surface area (Å²) in [5, 5.41) is 3.52. The first-order chi connectivity index (χ1) is 14.3. The van der Waals surface area contributed by atoms with Crippen LogP contribution >= 0.6 is 0 Å². The summed E-state index contributed by atoms with van der Waals surface area (Å²) in [5.41, 5.74) is 2.57. The molecule has 1 aromatic carbocycles. The first-order valence-electron chi connectivity index (χ1n) is 11.4. The molecule has 1 saturated heterocycles. The fourth-order valence-corrected chi connectivity index (χ4v) is 4.93. The Bertz CT molecular complexity index is 755. The maximum Gasteiger partial charge on any atom is 0.126 e. The Kier molecular flexibility index (Phi) is 7.04. The van der Waals surface area contributed by atoms with E-state index in [0.717, 1.165) is 30.6 Å². The molecule has 1 atom stereocenters. The minimum atomic E-state index is 0.578. The third-order valence-corrected chi connectivity index (χ3v) is 6.61. The second kappa shape index (κ2) is 10.1. The van der Waals surface area contributed by atoms with Gasteiger partial charge in [-0.25, -0.2) is 4.98 Å². The van der Waals surface area contributed by atoms with Gasteiger partial charge in [0.25, 0.3) is 0 Å². The number of aromatic nitrogens is 1. The maximum atomic E-state index is 5.23. The molecule has 2 heterocycles. The highest BCUT2D eigenvalue weighted by Gasteiger charge is 2.28. The molecular formula is C25H35N3O. The van der Waals surface area contributed by atoms with Crippen LogP contribution in [0.15, 0.2) is 42.5 Å². The van der Waals surface area contributed by atoms with Crippen molar-refractivity contribution in [1.82, 2.24) is 9.88 Å². The Morgan fingerprint density at radius 1 is 1.00 bits per heavy atom. The molecule has 1 N–H and O–H groups in total. The normalized spacial score (nSPS) is 21.1. The molecule has 1 aromatic heterocycles. The Morgan fingerprint density at radius 3 is 2.62 bits per heavy atom. The van der Waals surface area contributed by atoms with Gasteiger partial charge in [-0.3, -0.25) is 4.90 Å². The van der Waals surface area contributed by atoms with Crippen LogP contribution in [0, 0.1) is 0 Å². The molecule has 29 heavy (non-hydrogen) atoms. The molecule has 4 rings (SSSR count). The van der Waals surface area contributed by atoms with Crippen molar-refractivity contribution in [2.45, 2.75) is 63.3 Å². The highest BCUT2D eigenvalue weighted by atomic mass is 16.5. The zero-order valence-electron chi connectivity index (χ0n) is 17.8. The van der Waals surface area contributed by atoms with Crippen molar-refractivity contribution >= 4 is 5.82 Å². The van der Waals surface area contributed by atoms with Crippen LogP contribution in [0.4, 0.5) is 5.82 Å². The van der Waals surface area contributed by atoms with Crippen molar-refractivity contribution in [3.05, 3.63) is 53.7 Å². The van der Waals surface area contributed by atoms with E-state index < -0.39 is 0 Å². The van der Waals surface area contributed by atoms with Crippen LogP contribution in [-0.2, 0) is 6.42 Å². The lowest BCUT2D eigenvalue weighted by molar-refractivity contribution is 0.118. The SMILES string of the molecule is COc1ccc(CCNc2cccc([C@@H]3CCCN(C4CCCCC4)C3)n2)cc1. The molecule has 2 aliphatic rings. The first kappa shape index (κ1) is 20.2. The number of methoxy groups -OCH3 is 1. The van der Waals surface area contributed by atoms with Gasteiger partial charge in [-0.15, -0.1) is 0 Å². The van der Waals surface area contributed by atoms with Crippen LogP contribution in [0.1, 0.15) is 62.1 Å². The van der Waals surface area contributed by atoms with E-state index in [-0.39, 0.29) is 0 Å². The Hall–Kier alpha value is -2.07. The van der Waals surface area contributed by atoms with E-state index >= 15 is 0 Å². The summed E-state index contributed by atoms with van der Waals surface area (Å²) in [6, 6.07) is 15.6. The summed E-state index contributed by atoms with van der Waals surface area (Å²) in [6.07, 6.45) is 10.6. The highest BCUT2D eigenvalue weighted by Crippen LogP contribution is 2.31. The third kappa shape index (κ3) is 5.51. The van der Waals surface area contributed by atoms with E-state index in [1.54, 1.807) is 7.11 Å². The first-order valence-corrected chi connectivity index (χ1v) is 11.4. The molecule has 4 nitrogen and oxygen atoms in total. The van der Waals surface area contributed by atoms with Crippen molar-refractivity contribution in [2.24, 2.45) is 0 Å². The maximum absolute atomic E-state index is 5.23. The van der Waals surface area contributed by atoms with Gasteiger partial charge in [-0.2, -0.15) is 0 Å². The summed E-state index contributed by atoms with van der Waals surface area (Å²) in [5.74, 6) is 2.49. The number of benzene rings is 1. The van der Waals surface area contributed by atoms with Gasteiger partial charge in [0.05, 0.1) is 7.11 Å². The summed E-state index contributed by atoms with van der Waals surface area (Å²) in [4.78, 5) is 7.74. The van der Waals surface area contributed by atoms with E-state index in [1.807, 2.05) is 12.1 Å². The van der Waals surface area contributed by atoms with Crippen LogP contribution in [0.3, 0.4) is 0 Å². The van der Waals surface area contributed by atoms with Crippen molar-refractivity contribution in [2.75, 3.05) is 32.1 Å². The number of hydrogen-bond acceptors (Lipinski definition) is 4. The average molecular weight is 394 g/mol. The molecule has 0 amide bonds. The molecule has 1 aliphatic heterocycles. The highest BCUT2D eigenvalue weighted by molar-refractivity contribution is 5.37. The van der Waals surface area contributed by atoms with Gasteiger partial charge < -0.3 is 10.1 Å². The van der Waals surface area contributed by atoms with E-state index in [1.165, 1.54) is 69.3 Å². The predicted molar refractivity (Wildman–Crippen MR) is 120 cm³/mol. The van der Waals surface area contributed by atoms with Crippen LogP contribution in [0.5, 0.6) is 5.75 Å². The molecule has 2 aromatic rings. The number of likely N-dealkylation sites (tertiary alicyclic amines) is 1. The van der Waals surface area contributed by atoms with Gasteiger partial charge in [0.1, 0.15) is 11.6 Å². The van der Waals surface area contributed by atoms with Crippen molar-refractivity contribution < 1.29 is 4.74 Å². The second-order valence-electron chi connectivity index (χ2n) is 8.60. The van der Waals surface area contributed by atoms with E-state index in [2.05, 4.69) is 40.5 Å². The Morgan fingerprint density at radius 2 is 1.83 bits per heavy atom. The summed E-state index contributed by atoms with van der Waals surface area (Å²) in [7, 11) is 1.70. The molecule has 0 unspecified atom stereocenters. The monoisotopic (exact) mass is 393 g/mol.